The second kappa shape index (κ2) is 6.59. The molecule has 5 heteroatoms. The number of hydrogen-bond donors (Lipinski definition) is 1. The Kier molecular flexibility index (Phi) is 4.81. The number of anilines is 1. The van der Waals surface area contributed by atoms with E-state index in [1.54, 1.807) is 20.1 Å². The molecule has 2 rings (SSSR count). The molecule has 0 atom stereocenters. The summed E-state index contributed by atoms with van der Waals surface area (Å²) >= 11 is 3.41. The van der Waals surface area contributed by atoms with E-state index in [0.29, 0.717) is 23.4 Å². The van der Waals surface area contributed by atoms with Crippen LogP contribution in [0.25, 0.3) is 0 Å². The number of nitrogens with one attached hydrogen (secondary N) is 1. The smallest absolute Gasteiger partial charge is 0.129 e. The summed E-state index contributed by atoms with van der Waals surface area (Å²) in [6.45, 7) is 2.15. The minimum Gasteiger partial charge on any atom is -0.496 e. The molecule has 0 aliphatic carbocycles. The normalized spacial score (nSPS) is 10.0. The maximum atomic E-state index is 13.7. The third-order valence-corrected chi connectivity index (χ3v) is 3.68. The average Bonchev–Trinajstić information content (AvgIpc) is 2.48. The fourth-order valence-corrected chi connectivity index (χ4v) is 2.41. The summed E-state index contributed by atoms with van der Waals surface area (Å²) in [5.41, 5.74) is 2.33. The molecule has 0 radical (unpaired) electrons. The Morgan fingerprint density at radius 1 is 1.33 bits per heavy atom. The van der Waals surface area contributed by atoms with E-state index in [-0.39, 0.29) is 0 Å². The molecule has 108 valence electrons. The molecule has 0 heterocycles. The molecule has 3 nitrogen and oxygen atoms in total. The largest absolute Gasteiger partial charge is 0.496 e. The second-order valence-corrected chi connectivity index (χ2v) is 5.47. The van der Waals surface area contributed by atoms with Gasteiger partial charge in [-0.3, -0.25) is 0 Å². The lowest BCUT2D eigenvalue weighted by atomic mass is 10.1. The van der Waals surface area contributed by atoms with Crippen LogP contribution in [0.4, 0.5) is 10.1 Å². The zero-order valence-corrected chi connectivity index (χ0v) is 13.3. The first kappa shape index (κ1) is 15.3. The van der Waals surface area contributed by atoms with Crippen LogP contribution in [0.3, 0.4) is 0 Å². The van der Waals surface area contributed by atoms with Gasteiger partial charge in [0.05, 0.1) is 18.7 Å². The Bertz CT molecular complexity index is 710. The quantitative estimate of drug-likeness (QED) is 0.891. The number of benzene rings is 2. The molecular formula is C16H14BrFN2O. The van der Waals surface area contributed by atoms with Crippen LogP contribution in [0, 0.1) is 24.1 Å². The molecule has 0 saturated carbocycles. The Balaban J connectivity index is 2.26. The monoisotopic (exact) mass is 348 g/mol. The van der Waals surface area contributed by atoms with E-state index in [0.717, 1.165) is 15.8 Å². The highest BCUT2D eigenvalue weighted by Crippen LogP contribution is 2.26. The number of rotatable bonds is 4. The first-order valence-electron chi connectivity index (χ1n) is 6.31. The summed E-state index contributed by atoms with van der Waals surface area (Å²) < 4.78 is 20.0. The van der Waals surface area contributed by atoms with Crippen molar-refractivity contribution in [3.63, 3.8) is 0 Å². The molecule has 0 aliphatic rings. The van der Waals surface area contributed by atoms with E-state index in [4.69, 9.17) is 10.00 Å². The number of methoxy groups -OCH3 is 1. The van der Waals surface area contributed by atoms with E-state index in [9.17, 15) is 4.39 Å². The number of nitriles is 1. The van der Waals surface area contributed by atoms with Gasteiger partial charge in [-0.25, -0.2) is 4.39 Å². The van der Waals surface area contributed by atoms with Crippen molar-refractivity contribution in [1.29, 1.82) is 5.26 Å². The Hall–Kier alpha value is -2.06. The molecule has 0 fully saturated rings. The predicted octanol–water partition coefficient (Wildman–Crippen LogP) is 4.39. The first-order valence-corrected chi connectivity index (χ1v) is 7.11. The minimum absolute atomic E-state index is 0.293. The van der Waals surface area contributed by atoms with Gasteiger partial charge in [-0.2, -0.15) is 5.26 Å². The van der Waals surface area contributed by atoms with Crippen molar-refractivity contribution >= 4 is 21.6 Å². The van der Waals surface area contributed by atoms with Crippen molar-refractivity contribution in [2.75, 3.05) is 12.4 Å². The van der Waals surface area contributed by atoms with Crippen molar-refractivity contribution in [3.05, 3.63) is 57.3 Å². The second-order valence-electron chi connectivity index (χ2n) is 4.55. The van der Waals surface area contributed by atoms with Crippen LogP contribution in [-0.4, -0.2) is 7.11 Å². The van der Waals surface area contributed by atoms with Crippen LogP contribution in [0.5, 0.6) is 5.75 Å². The van der Waals surface area contributed by atoms with Crippen LogP contribution >= 0.6 is 15.9 Å². The van der Waals surface area contributed by atoms with E-state index < -0.39 is 5.82 Å². The highest BCUT2D eigenvalue weighted by molar-refractivity contribution is 9.10. The van der Waals surface area contributed by atoms with E-state index in [1.165, 1.54) is 6.07 Å². The number of hydrogen-bond acceptors (Lipinski definition) is 3. The summed E-state index contributed by atoms with van der Waals surface area (Å²) in [6, 6.07) is 10.5. The van der Waals surface area contributed by atoms with Gasteiger partial charge >= 0.3 is 0 Å². The van der Waals surface area contributed by atoms with Gasteiger partial charge in [0.15, 0.2) is 0 Å². The van der Waals surface area contributed by atoms with Crippen LogP contribution in [0.2, 0.25) is 0 Å². The van der Waals surface area contributed by atoms with E-state index in [2.05, 4.69) is 21.2 Å². The number of halogens is 2. The third kappa shape index (κ3) is 3.53. The van der Waals surface area contributed by atoms with Crippen LogP contribution in [0.1, 0.15) is 16.7 Å². The maximum absolute atomic E-state index is 13.7. The Labute approximate surface area is 131 Å². The zero-order valence-electron chi connectivity index (χ0n) is 11.7. The summed E-state index contributed by atoms with van der Waals surface area (Å²) in [5, 5.41) is 12.1. The Morgan fingerprint density at radius 2 is 2.10 bits per heavy atom. The molecule has 0 bridgehead atoms. The lowest BCUT2D eigenvalue weighted by Crippen LogP contribution is -2.04. The van der Waals surface area contributed by atoms with Crippen molar-refractivity contribution in [1.82, 2.24) is 0 Å². The SMILES string of the molecule is COc1ccc(Br)cc1CNc1cc(C#N)cc(F)c1C. The maximum Gasteiger partial charge on any atom is 0.129 e. The van der Waals surface area contributed by atoms with Crippen molar-refractivity contribution in [2.45, 2.75) is 13.5 Å². The number of ether oxygens (including phenoxy) is 1. The molecule has 0 unspecified atom stereocenters. The highest BCUT2D eigenvalue weighted by atomic mass is 79.9. The van der Waals surface area contributed by atoms with Gasteiger partial charge in [-0.1, -0.05) is 15.9 Å². The molecule has 21 heavy (non-hydrogen) atoms. The fourth-order valence-electron chi connectivity index (χ4n) is 2.00. The van der Waals surface area contributed by atoms with Gasteiger partial charge < -0.3 is 10.1 Å². The molecule has 0 spiro atoms. The standard InChI is InChI=1S/C16H14BrFN2O/c1-10-14(18)5-11(8-19)6-15(10)20-9-12-7-13(17)3-4-16(12)21-2/h3-7,20H,9H2,1-2H3. The lowest BCUT2D eigenvalue weighted by Gasteiger charge is -2.13. The molecule has 2 aromatic rings. The minimum atomic E-state index is -0.391. The van der Waals surface area contributed by atoms with Crippen LogP contribution in [0.15, 0.2) is 34.8 Å². The zero-order chi connectivity index (χ0) is 15.4. The Morgan fingerprint density at radius 3 is 2.76 bits per heavy atom. The number of nitrogens with zero attached hydrogens (tertiary/aromatic N) is 1. The molecule has 0 amide bonds. The summed E-state index contributed by atoms with van der Waals surface area (Å²) in [6.07, 6.45) is 0. The van der Waals surface area contributed by atoms with Gasteiger partial charge in [-0.05, 0) is 37.3 Å². The van der Waals surface area contributed by atoms with E-state index in [1.807, 2.05) is 24.3 Å². The highest BCUT2D eigenvalue weighted by Gasteiger charge is 2.09. The molecule has 1 N–H and O–H groups in total. The molecule has 0 saturated heterocycles. The molecular weight excluding hydrogens is 335 g/mol. The van der Waals surface area contributed by atoms with Crippen LogP contribution in [-0.2, 0) is 6.54 Å². The fraction of sp³-hybridized carbons (Fsp3) is 0.188. The van der Waals surface area contributed by atoms with Crippen molar-refractivity contribution in [2.24, 2.45) is 0 Å². The third-order valence-electron chi connectivity index (χ3n) is 3.19. The summed E-state index contributed by atoms with van der Waals surface area (Å²) in [5.74, 6) is 0.359. The van der Waals surface area contributed by atoms with Gasteiger partial charge in [0, 0.05) is 27.8 Å². The summed E-state index contributed by atoms with van der Waals surface area (Å²) in [7, 11) is 1.61. The first-order chi connectivity index (χ1) is 10.0. The molecule has 0 aromatic heterocycles. The molecule has 2 aromatic carbocycles. The molecule has 0 aliphatic heterocycles. The van der Waals surface area contributed by atoms with Gasteiger partial charge in [0.1, 0.15) is 11.6 Å². The van der Waals surface area contributed by atoms with Gasteiger partial charge in [0.25, 0.3) is 0 Å². The lowest BCUT2D eigenvalue weighted by molar-refractivity contribution is 0.410. The van der Waals surface area contributed by atoms with Gasteiger partial charge in [0.2, 0.25) is 0 Å². The average molecular weight is 349 g/mol. The predicted molar refractivity (Wildman–Crippen MR) is 83.9 cm³/mol. The topological polar surface area (TPSA) is 45.0 Å². The van der Waals surface area contributed by atoms with Gasteiger partial charge in [-0.15, -0.1) is 0 Å². The van der Waals surface area contributed by atoms with Crippen molar-refractivity contribution in [3.8, 4) is 11.8 Å². The van der Waals surface area contributed by atoms with E-state index >= 15 is 0 Å². The summed E-state index contributed by atoms with van der Waals surface area (Å²) in [4.78, 5) is 0. The van der Waals surface area contributed by atoms with Crippen LogP contribution < -0.4 is 10.1 Å². The van der Waals surface area contributed by atoms with Crippen molar-refractivity contribution < 1.29 is 9.13 Å².